The summed E-state index contributed by atoms with van der Waals surface area (Å²) in [6.07, 6.45) is 1.25. The van der Waals surface area contributed by atoms with E-state index >= 15 is 0 Å². The van der Waals surface area contributed by atoms with Gasteiger partial charge < -0.3 is 19.8 Å². The van der Waals surface area contributed by atoms with E-state index in [1.807, 2.05) is 30.3 Å². The van der Waals surface area contributed by atoms with Gasteiger partial charge in [-0.25, -0.2) is 4.98 Å². The van der Waals surface area contributed by atoms with Crippen LogP contribution in [0.2, 0.25) is 0 Å². The molecule has 0 saturated heterocycles. The van der Waals surface area contributed by atoms with E-state index in [1.54, 1.807) is 18.2 Å². The quantitative estimate of drug-likeness (QED) is 0.737. The number of hydrogen-bond acceptors (Lipinski definition) is 5. The molecule has 0 spiro atoms. The molecule has 0 radical (unpaired) electrons. The van der Waals surface area contributed by atoms with Crippen molar-refractivity contribution in [3.05, 3.63) is 70.6 Å². The van der Waals surface area contributed by atoms with Gasteiger partial charge in [0, 0.05) is 17.8 Å². The van der Waals surface area contributed by atoms with Gasteiger partial charge in [-0.15, -0.1) is 0 Å². The second-order valence-electron chi connectivity index (χ2n) is 5.36. The maximum absolute atomic E-state index is 12.5. The van der Waals surface area contributed by atoms with Gasteiger partial charge in [-0.3, -0.25) is 9.59 Å². The smallest absolute Gasteiger partial charge is 0.264 e. The summed E-state index contributed by atoms with van der Waals surface area (Å²) in [6.45, 7) is 0. The summed E-state index contributed by atoms with van der Waals surface area (Å²) < 4.78 is 10.4. The monoisotopic (exact) mass is 351 g/mol. The standard InChI is InChI=1S/C19H17N3O4/c1-25-13-8-9-16(26-2)15(10-13)21-18(23)14-11-20-17(22-19(14)24)12-6-4-3-5-7-12/h3-11H,1-2H3,(H,21,23)(H,20,22,24). The third kappa shape index (κ3) is 3.56. The van der Waals surface area contributed by atoms with Crippen LogP contribution in [0.25, 0.3) is 11.4 Å². The fourth-order valence-corrected chi connectivity index (χ4v) is 2.40. The topological polar surface area (TPSA) is 93.3 Å². The normalized spacial score (nSPS) is 10.2. The molecule has 0 atom stereocenters. The van der Waals surface area contributed by atoms with Gasteiger partial charge in [-0.2, -0.15) is 0 Å². The van der Waals surface area contributed by atoms with Crippen molar-refractivity contribution in [1.82, 2.24) is 9.97 Å². The van der Waals surface area contributed by atoms with Crippen LogP contribution in [0.4, 0.5) is 5.69 Å². The van der Waals surface area contributed by atoms with Gasteiger partial charge in [0.05, 0.1) is 19.9 Å². The van der Waals surface area contributed by atoms with Crippen LogP contribution in [-0.2, 0) is 0 Å². The van der Waals surface area contributed by atoms with Gasteiger partial charge in [0.15, 0.2) is 0 Å². The number of anilines is 1. The van der Waals surface area contributed by atoms with Crippen molar-refractivity contribution in [1.29, 1.82) is 0 Å². The first-order chi connectivity index (χ1) is 12.6. The maximum Gasteiger partial charge on any atom is 0.264 e. The van der Waals surface area contributed by atoms with E-state index in [4.69, 9.17) is 9.47 Å². The van der Waals surface area contributed by atoms with Crippen molar-refractivity contribution in [2.45, 2.75) is 0 Å². The summed E-state index contributed by atoms with van der Waals surface area (Å²) in [5, 5.41) is 2.65. The van der Waals surface area contributed by atoms with Crippen LogP contribution in [-0.4, -0.2) is 30.1 Å². The second-order valence-corrected chi connectivity index (χ2v) is 5.36. The number of H-pyrrole nitrogens is 1. The van der Waals surface area contributed by atoms with Crippen molar-refractivity contribution in [3.63, 3.8) is 0 Å². The molecule has 132 valence electrons. The number of carbonyl (C=O) groups is 1. The average molecular weight is 351 g/mol. The number of benzene rings is 2. The highest BCUT2D eigenvalue weighted by Gasteiger charge is 2.15. The number of amides is 1. The highest BCUT2D eigenvalue weighted by molar-refractivity contribution is 6.04. The molecule has 1 aromatic heterocycles. The summed E-state index contributed by atoms with van der Waals surface area (Å²) in [5.41, 5.74) is 0.516. The Morgan fingerprint density at radius 3 is 2.50 bits per heavy atom. The lowest BCUT2D eigenvalue weighted by Crippen LogP contribution is -2.24. The molecule has 0 unspecified atom stereocenters. The van der Waals surface area contributed by atoms with Crippen molar-refractivity contribution in [2.75, 3.05) is 19.5 Å². The number of nitrogens with zero attached hydrogens (tertiary/aromatic N) is 1. The first kappa shape index (κ1) is 17.2. The van der Waals surface area contributed by atoms with Crippen LogP contribution in [0.1, 0.15) is 10.4 Å². The molecule has 0 aliphatic rings. The van der Waals surface area contributed by atoms with E-state index in [1.165, 1.54) is 20.4 Å². The average Bonchev–Trinajstić information content (AvgIpc) is 2.68. The SMILES string of the molecule is COc1ccc(OC)c(NC(=O)c2cnc(-c3ccccc3)[nH]c2=O)c1. The van der Waals surface area contributed by atoms with Gasteiger partial charge >= 0.3 is 0 Å². The fourth-order valence-electron chi connectivity index (χ4n) is 2.40. The van der Waals surface area contributed by atoms with Crippen LogP contribution in [0.15, 0.2) is 59.5 Å². The van der Waals surface area contributed by atoms with Crippen molar-refractivity contribution >= 4 is 11.6 Å². The molecule has 0 aliphatic heterocycles. The lowest BCUT2D eigenvalue weighted by molar-refractivity contribution is 0.102. The Morgan fingerprint density at radius 2 is 1.85 bits per heavy atom. The number of rotatable bonds is 5. The van der Waals surface area contributed by atoms with Crippen LogP contribution >= 0.6 is 0 Å². The molecule has 2 N–H and O–H groups in total. The van der Waals surface area contributed by atoms with Gasteiger partial charge in [0.2, 0.25) is 0 Å². The number of methoxy groups -OCH3 is 2. The van der Waals surface area contributed by atoms with Crippen LogP contribution in [0.3, 0.4) is 0 Å². The third-order valence-corrected chi connectivity index (χ3v) is 3.75. The number of nitrogens with one attached hydrogen (secondary N) is 2. The predicted octanol–water partition coefficient (Wildman–Crippen LogP) is 2.71. The van der Waals surface area contributed by atoms with E-state index in [0.717, 1.165) is 5.56 Å². The Bertz CT molecular complexity index is 984. The van der Waals surface area contributed by atoms with E-state index in [-0.39, 0.29) is 5.56 Å². The molecule has 3 aromatic rings. The Balaban J connectivity index is 1.88. The molecule has 3 rings (SSSR count). The van der Waals surface area contributed by atoms with Gasteiger partial charge in [-0.1, -0.05) is 30.3 Å². The van der Waals surface area contributed by atoms with Crippen molar-refractivity contribution < 1.29 is 14.3 Å². The number of hydrogen-bond donors (Lipinski definition) is 2. The summed E-state index contributed by atoms with van der Waals surface area (Å²) in [4.78, 5) is 31.6. The molecular formula is C19H17N3O4. The number of ether oxygens (including phenoxy) is 2. The second kappa shape index (κ2) is 7.52. The molecule has 7 heteroatoms. The Kier molecular flexibility index (Phi) is 4.98. The zero-order valence-electron chi connectivity index (χ0n) is 14.3. The minimum absolute atomic E-state index is 0.102. The first-order valence-electron chi connectivity index (χ1n) is 7.80. The number of aromatic nitrogens is 2. The van der Waals surface area contributed by atoms with Gasteiger partial charge in [-0.05, 0) is 12.1 Å². The predicted molar refractivity (Wildman–Crippen MR) is 97.8 cm³/mol. The highest BCUT2D eigenvalue weighted by Crippen LogP contribution is 2.29. The maximum atomic E-state index is 12.5. The summed E-state index contributed by atoms with van der Waals surface area (Å²) in [5.74, 6) is 0.799. The molecule has 0 aliphatic carbocycles. The third-order valence-electron chi connectivity index (χ3n) is 3.75. The molecule has 0 fully saturated rings. The Labute approximate surface area is 149 Å². The molecular weight excluding hydrogens is 334 g/mol. The lowest BCUT2D eigenvalue weighted by atomic mass is 10.2. The summed E-state index contributed by atoms with van der Waals surface area (Å²) in [6, 6.07) is 14.2. The van der Waals surface area contributed by atoms with Crippen molar-refractivity contribution in [3.8, 4) is 22.9 Å². The van der Waals surface area contributed by atoms with Crippen LogP contribution in [0, 0.1) is 0 Å². The number of aromatic amines is 1. The van der Waals surface area contributed by atoms with Crippen LogP contribution in [0.5, 0.6) is 11.5 Å². The highest BCUT2D eigenvalue weighted by atomic mass is 16.5. The van der Waals surface area contributed by atoms with E-state index in [9.17, 15) is 9.59 Å². The molecule has 0 saturated carbocycles. The zero-order chi connectivity index (χ0) is 18.5. The van der Waals surface area contributed by atoms with E-state index < -0.39 is 11.5 Å². The Morgan fingerprint density at radius 1 is 1.08 bits per heavy atom. The van der Waals surface area contributed by atoms with Gasteiger partial charge in [0.25, 0.3) is 11.5 Å². The molecule has 2 aromatic carbocycles. The molecule has 7 nitrogen and oxygen atoms in total. The van der Waals surface area contributed by atoms with Gasteiger partial charge in [0.1, 0.15) is 22.9 Å². The van der Waals surface area contributed by atoms with E-state index in [0.29, 0.717) is 23.0 Å². The fraction of sp³-hybridized carbons (Fsp3) is 0.105. The molecule has 26 heavy (non-hydrogen) atoms. The van der Waals surface area contributed by atoms with Crippen LogP contribution < -0.4 is 20.3 Å². The first-order valence-corrected chi connectivity index (χ1v) is 7.80. The van der Waals surface area contributed by atoms with E-state index in [2.05, 4.69) is 15.3 Å². The molecule has 0 bridgehead atoms. The summed E-state index contributed by atoms with van der Waals surface area (Å²) in [7, 11) is 3.00. The number of carbonyl (C=O) groups excluding carboxylic acids is 1. The zero-order valence-corrected chi connectivity index (χ0v) is 14.3. The minimum Gasteiger partial charge on any atom is -0.497 e. The molecule has 1 heterocycles. The minimum atomic E-state index is -0.593. The Hall–Kier alpha value is -3.61. The lowest BCUT2D eigenvalue weighted by Gasteiger charge is -2.11. The molecule has 1 amide bonds. The summed E-state index contributed by atoms with van der Waals surface area (Å²) >= 11 is 0. The largest absolute Gasteiger partial charge is 0.497 e. The van der Waals surface area contributed by atoms with Crippen molar-refractivity contribution in [2.24, 2.45) is 0 Å².